The molecule has 140 valence electrons. The highest BCUT2D eigenvalue weighted by atomic mass is 16.5. The van der Waals surface area contributed by atoms with Crippen LogP contribution in [0.1, 0.15) is 40.9 Å². The van der Waals surface area contributed by atoms with Gasteiger partial charge in [0.05, 0.1) is 31.1 Å². The maximum Gasteiger partial charge on any atom is 0.492 e. The number of fused-ring (bicyclic) bond motifs is 1. The first kappa shape index (κ1) is 17.9. The Labute approximate surface area is 156 Å². The number of hydrogen-bond acceptors (Lipinski definition) is 7. The van der Waals surface area contributed by atoms with Gasteiger partial charge >= 0.3 is 7.12 Å². The molecule has 1 amide bonds. The molecular formula is C18H20BN3O5. The van der Waals surface area contributed by atoms with Crippen LogP contribution in [-0.4, -0.2) is 45.3 Å². The predicted octanol–water partition coefficient (Wildman–Crippen LogP) is 0.438. The van der Waals surface area contributed by atoms with Crippen LogP contribution in [0.3, 0.4) is 0 Å². The summed E-state index contributed by atoms with van der Waals surface area (Å²) in [5.74, 6) is 0.414. The Morgan fingerprint density at radius 3 is 2.89 bits per heavy atom. The van der Waals surface area contributed by atoms with Gasteiger partial charge in [-0.1, -0.05) is 6.07 Å². The van der Waals surface area contributed by atoms with Gasteiger partial charge in [-0.2, -0.15) is 0 Å². The topological polar surface area (TPSA) is 114 Å². The first-order chi connectivity index (χ1) is 13.0. The molecule has 1 aliphatic heterocycles. The summed E-state index contributed by atoms with van der Waals surface area (Å²) in [6.07, 6.45) is 4.56. The van der Waals surface area contributed by atoms with E-state index in [4.69, 9.17) is 9.39 Å². The van der Waals surface area contributed by atoms with E-state index in [-0.39, 0.29) is 23.5 Å². The van der Waals surface area contributed by atoms with Crippen LogP contribution < -0.4 is 15.5 Å². The monoisotopic (exact) mass is 369 g/mol. The van der Waals surface area contributed by atoms with Crippen LogP contribution in [0.15, 0.2) is 24.5 Å². The van der Waals surface area contributed by atoms with E-state index < -0.39 is 13.2 Å². The molecule has 9 heteroatoms. The highest BCUT2D eigenvalue weighted by Gasteiger charge is 2.31. The van der Waals surface area contributed by atoms with Crippen molar-refractivity contribution >= 4 is 18.5 Å². The second-order valence-electron chi connectivity index (χ2n) is 6.85. The van der Waals surface area contributed by atoms with Gasteiger partial charge in [0, 0.05) is 0 Å². The van der Waals surface area contributed by atoms with Crippen LogP contribution in [0.5, 0.6) is 11.6 Å². The van der Waals surface area contributed by atoms with E-state index in [2.05, 4.69) is 15.3 Å². The Morgan fingerprint density at radius 1 is 1.33 bits per heavy atom. The average Bonchev–Trinajstić information content (AvgIpc) is 3.24. The Morgan fingerprint density at radius 2 is 2.19 bits per heavy atom. The van der Waals surface area contributed by atoms with Gasteiger partial charge in [-0.25, -0.2) is 9.97 Å². The average molecular weight is 369 g/mol. The molecule has 1 aliphatic carbocycles. The quantitative estimate of drug-likeness (QED) is 0.670. The van der Waals surface area contributed by atoms with Crippen LogP contribution in [-0.2, 0) is 11.3 Å². The van der Waals surface area contributed by atoms with Gasteiger partial charge in [0.1, 0.15) is 11.4 Å². The summed E-state index contributed by atoms with van der Waals surface area (Å²) >= 11 is 0. The van der Waals surface area contributed by atoms with E-state index in [1.807, 2.05) is 13.0 Å². The van der Waals surface area contributed by atoms with Crippen molar-refractivity contribution in [2.24, 2.45) is 0 Å². The zero-order chi connectivity index (χ0) is 19.0. The normalized spacial score (nSPS) is 21.2. The third kappa shape index (κ3) is 3.53. The number of nitrogens with zero attached hydrogens (tertiary/aromatic N) is 2. The zero-order valence-corrected chi connectivity index (χ0v) is 14.9. The number of hydrogen-bond donors (Lipinski definition) is 3. The van der Waals surface area contributed by atoms with Crippen molar-refractivity contribution in [3.05, 3.63) is 41.3 Å². The summed E-state index contributed by atoms with van der Waals surface area (Å²) in [6.45, 7) is 2.21. The molecule has 8 nitrogen and oxygen atoms in total. The molecular weight excluding hydrogens is 349 g/mol. The van der Waals surface area contributed by atoms with Crippen molar-refractivity contribution < 1.29 is 24.3 Å². The molecule has 27 heavy (non-hydrogen) atoms. The molecule has 0 saturated heterocycles. The number of carbonyl (C=O) groups is 1. The molecule has 2 unspecified atom stereocenters. The molecule has 4 rings (SSSR count). The maximum absolute atomic E-state index is 12.2. The highest BCUT2D eigenvalue weighted by Crippen LogP contribution is 2.26. The van der Waals surface area contributed by atoms with Crippen LogP contribution in [0.25, 0.3) is 0 Å². The number of carbonyl (C=O) groups excluding carboxylic acids is 1. The Bertz CT molecular complexity index is 861. The fraction of sp³-hybridized carbons (Fsp3) is 0.389. The number of amides is 1. The maximum atomic E-state index is 12.2. The van der Waals surface area contributed by atoms with E-state index in [9.17, 15) is 14.9 Å². The third-order valence-electron chi connectivity index (χ3n) is 5.07. The summed E-state index contributed by atoms with van der Waals surface area (Å²) in [5, 5.41) is 22.5. The van der Waals surface area contributed by atoms with E-state index in [0.717, 1.165) is 24.0 Å². The lowest BCUT2D eigenvalue weighted by Crippen LogP contribution is -2.40. The SMILES string of the molecule is Cc1c(Oc2cnc(C(=O)NC3CCCC3O)cn2)ccc2c1B(O)OC2. The molecule has 3 N–H and O–H groups in total. The fourth-order valence-electron chi connectivity index (χ4n) is 3.55. The van der Waals surface area contributed by atoms with Crippen molar-refractivity contribution in [1.82, 2.24) is 15.3 Å². The lowest BCUT2D eigenvalue weighted by Gasteiger charge is -2.16. The minimum atomic E-state index is -0.952. The van der Waals surface area contributed by atoms with Gasteiger partial charge in [0.2, 0.25) is 5.88 Å². The number of nitrogens with one attached hydrogen (secondary N) is 1. The number of aliphatic hydroxyl groups is 1. The molecule has 0 radical (unpaired) electrons. The van der Waals surface area contributed by atoms with Crippen molar-refractivity contribution in [3.63, 3.8) is 0 Å². The van der Waals surface area contributed by atoms with E-state index in [0.29, 0.717) is 24.2 Å². The summed E-state index contributed by atoms with van der Waals surface area (Å²) in [4.78, 5) is 20.5. The first-order valence-corrected chi connectivity index (χ1v) is 8.94. The zero-order valence-electron chi connectivity index (χ0n) is 14.9. The van der Waals surface area contributed by atoms with Gasteiger partial charge in [0.25, 0.3) is 5.91 Å². The second kappa shape index (κ2) is 7.26. The van der Waals surface area contributed by atoms with Gasteiger partial charge in [-0.3, -0.25) is 4.79 Å². The lowest BCUT2D eigenvalue weighted by molar-refractivity contribution is 0.0868. The minimum Gasteiger partial charge on any atom is -0.437 e. The van der Waals surface area contributed by atoms with Gasteiger partial charge in [0.15, 0.2) is 0 Å². The van der Waals surface area contributed by atoms with Crippen molar-refractivity contribution in [2.45, 2.75) is 44.9 Å². The number of aliphatic hydroxyl groups excluding tert-OH is 1. The molecule has 1 aromatic heterocycles. The third-order valence-corrected chi connectivity index (χ3v) is 5.07. The van der Waals surface area contributed by atoms with Crippen LogP contribution in [0, 0.1) is 6.92 Å². The Hall–Kier alpha value is -2.49. The van der Waals surface area contributed by atoms with Crippen LogP contribution in [0.2, 0.25) is 0 Å². The summed E-state index contributed by atoms with van der Waals surface area (Å²) < 4.78 is 11.0. The number of ether oxygens (including phenoxy) is 1. The van der Waals surface area contributed by atoms with Crippen LogP contribution in [0.4, 0.5) is 0 Å². The van der Waals surface area contributed by atoms with Gasteiger partial charge < -0.3 is 24.8 Å². The number of benzene rings is 1. The largest absolute Gasteiger partial charge is 0.492 e. The molecule has 2 heterocycles. The van der Waals surface area contributed by atoms with Gasteiger partial charge in [-0.05, 0) is 48.8 Å². The van der Waals surface area contributed by atoms with Crippen molar-refractivity contribution in [1.29, 1.82) is 0 Å². The second-order valence-corrected chi connectivity index (χ2v) is 6.85. The fourth-order valence-corrected chi connectivity index (χ4v) is 3.55. The molecule has 2 aromatic rings. The summed E-state index contributed by atoms with van der Waals surface area (Å²) in [6, 6.07) is 3.40. The van der Waals surface area contributed by atoms with Crippen molar-refractivity contribution in [3.8, 4) is 11.6 Å². The Balaban J connectivity index is 1.45. The van der Waals surface area contributed by atoms with Gasteiger partial charge in [-0.15, -0.1) is 0 Å². The van der Waals surface area contributed by atoms with E-state index in [1.165, 1.54) is 12.4 Å². The molecule has 2 atom stereocenters. The molecule has 1 aromatic carbocycles. The first-order valence-electron chi connectivity index (χ1n) is 8.94. The Kier molecular flexibility index (Phi) is 4.82. The van der Waals surface area contributed by atoms with Crippen molar-refractivity contribution in [2.75, 3.05) is 0 Å². The molecule has 1 fully saturated rings. The number of rotatable bonds is 4. The molecule has 0 bridgehead atoms. The summed E-state index contributed by atoms with van der Waals surface area (Å²) in [7, 11) is -0.952. The standard InChI is InChI=1S/C18H20BN3O5/c1-10-15(6-5-11-9-26-19(25)17(10)11)27-16-8-20-13(7-21-16)18(24)22-12-3-2-4-14(12)23/h5-8,12,14,23,25H,2-4,9H2,1H3,(H,22,24). The van der Waals surface area contributed by atoms with E-state index in [1.54, 1.807) is 6.07 Å². The molecule has 1 saturated carbocycles. The van der Waals surface area contributed by atoms with E-state index >= 15 is 0 Å². The smallest absolute Gasteiger partial charge is 0.437 e. The van der Waals surface area contributed by atoms with Crippen LogP contribution >= 0.6 is 0 Å². The predicted molar refractivity (Wildman–Crippen MR) is 96.8 cm³/mol. The lowest BCUT2D eigenvalue weighted by atomic mass is 9.76. The highest BCUT2D eigenvalue weighted by molar-refractivity contribution is 6.62. The summed E-state index contributed by atoms with van der Waals surface area (Å²) in [5.41, 5.74) is 2.58. The molecule has 0 spiro atoms. The molecule has 2 aliphatic rings. The number of aromatic nitrogens is 2. The minimum absolute atomic E-state index is 0.163.